The number of fused-ring (bicyclic) bond motifs is 1. The highest BCUT2D eigenvalue weighted by Gasteiger charge is 2.29. The van der Waals surface area contributed by atoms with Gasteiger partial charge < -0.3 is 9.64 Å². The minimum absolute atomic E-state index is 0.119. The lowest BCUT2D eigenvalue weighted by atomic mass is 10.1. The summed E-state index contributed by atoms with van der Waals surface area (Å²) in [5.41, 5.74) is 5.06. The van der Waals surface area contributed by atoms with Crippen molar-refractivity contribution in [3.8, 4) is 23.1 Å². The molecule has 2 aliphatic heterocycles. The molecule has 0 bridgehead atoms. The van der Waals surface area contributed by atoms with Crippen LogP contribution in [0.1, 0.15) is 28.7 Å². The lowest BCUT2D eigenvalue weighted by Crippen LogP contribution is -2.56. The van der Waals surface area contributed by atoms with Gasteiger partial charge >= 0.3 is 0 Å². The third kappa shape index (κ3) is 3.82. The maximum absolute atomic E-state index is 12.3. The number of carbonyl (C=O) groups excluding carboxylic acids is 1. The number of anilines is 1. The number of carbonyl (C=O) groups is 1. The highest BCUT2D eigenvalue weighted by atomic mass is 16.5. The van der Waals surface area contributed by atoms with Crippen LogP contribution < -0.4 is 4.90 Å². The summed E-state index contributed by atoms with van der Waals surface area (Å²) in [6.07, 6.45) is 3.85. The fourth-order valence-electron chi connectivity index (χ4n) is 4.92. The Kier molecular flexibility index (Phi) is 5.51. The average Bonchev–Trinajstić information content (AvgIpc) is 3.45. The van der Waals surface area contributed by atoms with Gasteiger partial charge in [0, 0.05) is 37.4 Å². The molecule has 2 aliphatic rings. The van der Waals surface area contributed by atoms with E-state index < -0.39 is 0 Å². The fourth-order valence-corrected chi connectivity index (χ4v) is 4.92. The van der Waals surface area contributed by atoms with E-state index in [1.54, 1.807) is 23.0 Å². The summed E-state index contributed by atoms with van der Waals surface area (Å²) in [5, 5.41) is 18.2. The van der Waals surface area contributed by atoms with Crippen LogP contribution in [0.5, 0.6) is 0 Å². The number of hydrogen-bond acceptors (Lipinski definition) is 8. The van der Waals surface area contributed by atoms with Crippen LogP contribution in [-0.2, 0) is 4.74 Å². The Morgan fingerprint density at radius 2 is 1.94 bits per heavy atom. The number of aromatic nitrogens is 5. The van der Waals surface area contributed by atoms with Crippen molar-refractivity contribution < 1.29 is 9.53 Å². The number of Topliss-reactive ketones (excluding diaryl/α,β-unsaturated/α-hetero) is 1. The van der Waals surface area contributed by atoms with Crippen LogP contribution in [0.15, 0.2) is 42.7 Å². The third-order valence-electron chi connectivity index (χ3n) is 7.05. The monoisotopic (exact) mass is 482 g/mol. The highest BCUT2D eigenvalue weighted by Crippen LogP contribution is 2.28. The summed E-state index contributed by atoms with van der Waals surface area (Å²) in [5.74, 6) is 0.289. The van der Waals surface area contributed by atoms with E-state index in [0.717, 1.165) is 61.9 Å². The number of ether oxygens (including phenoxy) is 1. The number of ketones is 1. The van der Waals surface area contributed by atoms with Gasteiger partial charge in [0.05, 0.1) is 54.1 Å². The van der Waals surface area contributed by atoms with Gasteiger partial charge in [-0.25, -0.2) is 14.2 Å². The zero-order valence-corrected chi connectivity index (χ0v) is 20.3. The highest BCUT2D eigenvalue weighted by molar-refractivity contribution is 5.97. The molecule has 6 heterocycles. The van der Waals surface area contributed by atoms with Gasteiger partial charge in [-0.3, -0.25) is 9.69 Å². The predicted molar refractivity (Wildman–Crippen MR) is 133 cm³/mol. The molecule has 36 heavy (non-hydrogen) atoms. The molecule has 0 N–H and O–H groups in total. The Labute approximate surface area is 208 Å². The summed E-state index contributed by atoms with van der Waals surface area (Å²) < 4.78 is 8.78. The first-order valence-corrected chi connectivity index (χ1v) is 12.1. The minimum atomic E-state index is -0.119. The molecule has 10 nitrogen and oxygen atoms in total. The van der Waals surface area contributed by atoms with Gasteiger partial charge in [-0.05, 0) is 44.2 Å². The second-order valence-electron chi connectivity index (χ2n) is 9.31. The first kappa shape index (κ1) is 22.4. The Morgan fingerprint density at radius 3 is 2.61 bits per heavy atom. The molecule has 4 aromatic rings. The number of nitriles is 1. The SMILES string of the molecule is CC(=O)c1ccc(-c2cnn3cc(N4CCN(C5COC5)CC4)ccc23)nc1-n1nc(C#N)cc1C. The summed E-state index contributed by atoms with van der Waals surface area (Å²) in [4.78, 5) is 22.0. The summed E-state index contributed by atoms with van der Waals surface area (Å²) in [6.45, 7) is 9.06. The maximum atomic E-state index is 12.3. The predicted octanol–water partition coefficient (Wildman–Crippen LogP) is 2.49. The van der Waals surface area contributed by atoms with Crippen LogP contribution in [0.4, 0.5) is 5.69 Å². The van der Waals surface area contributed by atoms with Gasteiger partial charge in [0.15, 0.2) is 17.3 Å². The van der Waals surface area contributed by atoms with E-state index in [-0.39, 0.29) is 11.5 Å². The Morgan fingerprint density at radius 1 is 1.14 bits per heavy atom. The van der Waals surface area contributed by atoms with Gasteiger partial charge in [-0.2, -0.15) is 15.5 Å². The summed E-state index contributed by atoms with van der Waals surface area (Å²) in [6, 6.07) is 12.1. The van der Waals surface area contributed by atoms with Crippen LogP contribution in [0.2, 0.25) is 0 Å². The van der Waals surface area contributed by atoms with Crippen molar-refractivity contribution >= 4 is 17.0 Å². The van der Waals surface area contributed by atoms with Crippen LogP contribution in [0.3, 0.4) is 0 Å². The molecular weight excluding hydrogens is 456 g/mol. The Bertz CT molecular complexity index is 1500. The zero-order valence-electron chi connectivity index (χ0n) is 20.3. The van der Waals surface area contributed by atoms with Crippen molar-refractivity contribution in [1.29, 1.82) is 5.26 Å². The van der Waals surface area contributed by atoms with Crippen molar-refractivity contribution in [2.24, 2.45) is 0 Å². The molecule has 6 rings (SSSR count). The number of piperazine rings is 1. The van der Waals surface area contributed by atoms with Gasteiger partial charge in [0.25, 0.3) is 0 Å². The van der Waals surface area contributed by atoms with Gasteiger partial charge in [-0.15, -0.1) is 0 Å². The van der Waals surface area contributed by atoms with Gasteiger partial charge in [-0.1, -0.05) is 0 Å². The second kappa shape index (κ2) is 8.86. The molecule has 0 aliphatic carbocycles. The first-order valence-electron chi connectivity index (χ1n) is 12.1. The number of hydrogen-bond donors (Lipinski definition) is 0. The van der Waals surface area contributed by atoms with E-state index in [2.05, 4.69) is 38.3 Å². The smallest absolute Gasteiger partial charge is 0.165 e. The number of rotatable bonds is 5. The average molecular weight is 483 g/mol. The van der Waals surface area contributed by atoms with E-state index in [1.165, 1.54) is 6.92 Å². The van der Waals surface area contributed by atoms with Gasteiger partial charge in [0.2, 0.25) is 0 Å². The molecule has 0 atom stereocenters. The van der Waals surface area contributed by atoms with Crippen LogP contribution >= 0.6 is 0 Å². The molecule has 2 saturated heterocycles. The van der Waals surface area contributed by atoms with Crippen molar-refractivity contribution in [2.45, 2.75) is 19.9 Å². The number of pyridine rings is 2. The lowest BCUT2D eigenvalue weighted by Gasteiger charge is -2.43. The zero-order chi connectivity index (χ0) is 24.8. The van der Waals surface area contributed by atoms with Crippen molar-refractivity contribution in [1.82, 2.24) is 29.3 Å². The number of aryl methyl sites for hydroxylation is 1. The standard InChI is InChI=1S/C26H26N8O2/c1-17-11-19(12-27)30-34(17)26-22(18(2)35)4-5-24(29-26)23-13-28-33-14-20(3-6-25(23)33)31-7-9-32(10-8-31)21-15-36-16-21/h3-6,11,13-14,21H,7-10,15-16H2,1-2H3. The summed E-state index contributed by atoms with van der Waals surface area (Å²) >= 11 is 0. The normalized spacial score (nSPS) is 16.8. The summed E-state index contributed by atoms with van der Waals surface area (Å²) in [7, 11) is 0. The van der Waals surface area contributed by atoms with Crippen molar-refractivity contribution in [3.63, 3.8) is 0 Å². The van der Waals surface area contributed by atoms with Crippen LogP contribution in [0, 0.1) is 18.3 Å². The Hall–Kier alpha value is -4.07. The molecule has 0 aromatic carbocycles. The van der Waals surface area contributed by atoms with E-state index in [1.807, 2.05) is 23.6 Å². The molecule has 0 amide bonds. The largest absolute Gasteiger partial charge is 0.378 e. The van der Waals surface area contributed by atoms with E-state index >= 15 is 0 Å². The van der Waals surface area contributed by atoms with Crippen molar-refractivity contribution in [2.75, 3.05) is 44.3 Å². The Balaban J connectivity index is 1.31. The molecule has 0 unspecified atom stereocenters. The van der Waals surface area contributed by atoms with E-state index in [4.69, 9.17) is 9.72 Å². The van der Waals surface area contributed by atoms with Crippen LogP contribution in [0.25, 0.3) is 22.6 Å². The van der Waals surface area contributed by atoms with Gasteiger partial charge in [0.1, 0.15) is 6.07 Å². The molecule has 0 radical (unpaired) electrons. The minimum Gasteiger partial charge on any atom is -0.378 e. The van der Waals surface area contributed by atoms with E-state index in [0.29, 0.717) is 23.1 Å². The second-order valence-corrected chi connectivity index (χ2v) is 9.31. The molecule has 2 fully saturated rings. The first-order chi connectivity index (χ1) is 17.5. The van der Waals surface area contributed by atoms with Crippen LogP contribution in [-0.4, -0.2) is 80.5 Å². The van der Waals surface area contributed by atoms with Crippen molar-refractivity contribution in [3.05, 3.63) is 59.7 Å². The molecule has 4 aromatic heterocycles. The maximum Gasteiger partial charge on any atom is 0.165 e. The molecular formula is C26H26N8O2. The molecule has 10 heteroatoms. The van der Waals surface area contributed by atoms with E-state index in [9.17, 15) is 10.1 Å². The molecule has 0 spiro atoms. The topological polar surface area (TPSA) is 105 Å². The third-order valence-corrected chi connectivity index (χ3v) is 7.05. The number of nitrogens with zero attached hydrogens (tertiary/aromatic N) is 8. The molecule has 0 saturated carbocycles. The molecule has 182 valence electrons. The fraction of sp³-hybridized carbons (Fsp3) is 0.346. The lowest BCUT2D eigenvalue weighted by molar-refractivity contribution is -0.0660. The quantitative estimate of drug-likeness (QED) is 0.400.